The lowest BCUT2D eigenvalue weighted by Gasteiger charge is -2.08. The first-order chi connectivity index (χ1) is 9.54. The van der Waals surface area contributed by atoms with Gasteiger partial charge in [0.2, 0.25) is 0 Å². The predicted octanol–water partition coefficient (Wildman–Crippen LogP) is 3.66. The fraction of sp³-hybridized carbons (Fsp3) is 0.0625. The number of nitrogens with two attached hydrogens (primary N) is 1. The normalized spacial score (nSPS) is 11.2. The molecule has 2 aromatic carbocycles. The molecule has 0 radical (unpaired) electrons. The zero-order chi connectivity index (χ0) is 14.5. The summed E-state index contributed by atoms with van der Waals surface area (Å²) in [6.45, 7) is 1.95. The van der Waals surface area contributed by atoms with E-state index in [0.29, 0.717) is 5.75 Å². The van der Waals surface area contributed by atoms with Crippen LogP contribution in [-0.2, 0) is 4.79 Å². The average Bonchev–Trinajstić information content (AvgIpc) is 2.40. The predicted molar refractivity (Wildman–Crippen MR) is 83.1 cm³/mol. The summed E-state index contributed by atoms with van der Waals surface area (Å²) >= 11 is 3.36. The molecule has 0 heterocycles. The molecule has 0 atom stereocenters. The highest BCUT2D eigenvalue weighted by Crippen LogP contribution is 2.18. The van der Waals surface area contributed by atoms with Crippen LogP contribution in [0.1, 0.15) is 11.1 Å². The van der Waals surface area contributed by atoms with Crippen LogP contribution in [0, 0.1) is 6.92 Å². The molecule has 0 saturated heterocycles. The second-order valence-corrected chi connectivity index (χ2v) is 5.26. The number of rotatable bonds is 4. The van der Waals surface area contributed by atoms with E-state index in [0.717, 1.165) is 15.6 Å². The number of primary amides is 1. The Bertz CT molecular complexity index is 648. The highest BCUT2D eigenvalue weighted by molar-refractivity contribution is 9.10. The fourth-order valence-electron chi connectivity index (χ4n) is 1.67. The number of ether oxygens (including phenoxy) is 1. The van der Waals surface area contributed by atoms with Crippen LogP contribution in [0.25, 0.3) is 6.08 Å². The van der Waals surface area contributed by atoms with Gasteiger partial charge in [0.15, 0.2) is 5.76 Å². The third kappa shape index (κ3) is 3.96. The van der Waals surface area contributed by atoms with Crippen molar-refractivity contribution < 1.29 is 9.53 Å². The summed E-state index contributed by atoms with van der Waals surface area (Å²) in [4.78, 5) is 11.5. The lowest BCUT2D eigenvalue weighted by Crippen LogP contribution is -2.18. The zero-order valence-electron chi connectivity index (χ0n) is 11.0. The molecule has 0 aliphatic carbocycles. The summed E-state index contributed by atoms with van der Waals surface area (Å²) in [7, 11) is 0. The number of benzene rings is 2. The van der Waals surface area contributed by atoms with E-state index < -0.39 is 5.91 Å². The highest BCUT2D eigenvalue weighted by atomic mass is 79.9. The Morgan fingerprint density at radius 3 is 2.50 bits per heavy atom. The molecule has 0 spiro atoms. The second kappa shape index (κ2) is 6.39. The molecule has 2 rings (SSSR count). The van der Waals surface area contributed by atoms with Crippen LogP contribution < -0.4 is 10.5 Å². The summed E-state index contributed by atoms with van der Waals surface area (Å²) in [5.41, 5.74) is 7.25. The van der Waals surface area contributed by atoms with Crippen molar-refractivity contribution in [2.45, 2.75) is 6.92 Å². The van der Waals surface area contributed by atoms with Crippen molar-refractivity contribution in [1.29, 1.82) is 0 Å². The van der Waals surface area contributed by atoms with Crippen molar-refractivity contribution in [3.63, 3.8) is 0 Å². The lowest BCUT2D eigenvalue weighted by molar-refractivity contribution is -0.116. The Kier molecular flexibility index (Phi) is 4.58. The maximum atomic E-state index is 11.5. The maximum Gasteiger partial charge on any atom is 0.284 e. The van der Waals surface area contributed by atoms with E-state index in [4.69, 9.17) is 10.5 Å². The molecule has 102 valence electrons. The smallest absolute Gasteiger partial charge is 0.284 e. The van der Waals surface area contributed by atoms with Gasteiger partial charge in [0.25, 0.3) is 5.91 Å². The molecule has 20 heavy (non-hydrogen) atoms. The van der Waals surface area contributed by atoms with Crippen molar-refractivity contribution in [3.8, 4) is 5.75 Å². The maximum absolute atomic E-state index is 11.5. The van der Waals surface area contributed by atoms with Gasteiger partial charge in [-0.2, -0.15) is 0 Å². The van der Waals surface area contributed by atoms with Gasteiger partial charge in [-0.1, -0.05) is 40.2 Å². The highest BCUT2D eigenvalue weighted by Gasteiger charge is 2.08. The van der Waals surface area contributed by atoms with E-state index in [1.807, 2.05) is 49.4 Å². The zero-order valence-corrected chi connectivity index (χ0v) is 12.6. The molecule has 0 aliphatic rings. The fourth-order valence-corrected chi connectivity index (χ4v) is 1.93. The first-order valence-corrected chi connectivity index (χ1v) is 6.85. The molecule has 2 aromatic rings. The molecule has 0 saturated carbocycles. The van der Waals surface area contributed by atoms with Crippen LogP contribution in [0.4, 0.5) is 0 Å². The molecule has 0 fully saturated rings. The molecule has 1 amide bonds. The molecule has 0 bridgehead atoms. The van der Waals surface area contributed by atoms with Gasteiger partial charge in [-0.3, -0.25) is 4.79 Å². The molecule has 2 N–H and O–H groups in total. The monoisotopic (exact) mass is 331 g/mol. The Balaban J connectivity index is 2.27. The SMILES string of the molecule is Cc1cccc(O/C(=C\c2ccc(Br)cc2)C(N)=O)c1. The van der Waals surface area contributed by atoms with Crippen LogP contribution >= 0.6 is 15.9 Å². The van der Waals surface area contributed by atoms with Crippen molar-refractivity contribution in [1.82, 2.24) is 0 Å². The summed E-state index contributed by atoms with van der Waals surface area (Å²) < 4.78 is 6.53. The minimum atomic E-state index is -0.602. The molecule has 3 nitrogen and oxygen atoms in total. The van der Waals surface area contributed by atoms with Crippen molar-refractivity contribution in [2.24, 2.45) is 5.73 Å². The molecule has 0 aliphatic heterocycles. The number of carbonyl (C=O) groups excluding carboxylic acids is 1. The number of amides is 1. The van der Waals surface area contributed by atoms with Crippen molar-refractivity contribution in [2.75, 3.05) is 0 Å². The van der Waals surface area contributed by atoms with Gasteiger partial charge in [-0.05, 0) is 48.4 Å². The van der Waals surface area contributed by atoms with Gasteiger partial charge in [-0.15, -0.1) is 0 Å². The largest absolute Gasteiger partial charge is 0.452 e. The second-order valence-electron chi connectivity index (χ2n) is 4.34. The first kappa shape index (κ1) is 14.3. The summed E-state index contributed by atoms with van der Waals surface area (Å²) in [6, 6.07) is 15.0. The van der Waals surface area contributed by atoms with Gasteiger partial charge in [0, 0.05) is 4.47 Å². The quantitative estimate of drug-likeness (QED) is 0.686. The minimum Gasteiger partial charge on any atom is -0.452 e. The molecule has 0 unspecified atom stereocenters. The minimum absolute atomic E-state index is 0.109. The van der Waals surface area contributed by atoms with Crippen LogP contribution in [0.2, 0.25) is 0 Å². The lowest BCUT2D eigenvalue weighted by atomic mass is 10.2. The number of carbonyl (C=O) groups is 1. The number of hydrogen-bond donors (Lipinski definition) is 1. The first-order valence-electron chi connectivity index (χ1n) is 6.06. The molecular weight excluding hydrogens is 318 g/mol. The van der Waals surface area contributed by atoms with Crippen LogP contribution in [0.5, 0.6) is 5.75 Å². The van der Waals surface area contributed by atoms with Crippen LogP contribution in [-0.4, -0.2) is 5.91 Å². The Labute approximate surface area is 126 Å². The summed E-state index contributed by atoms with van der Waals surface area (Å²) in [5.74, 6) is 0.0968. The number of hydrogen-bond acceptors (Lipinski definition) is 2. The van der Waals surface area contributed by atoms with E-state index >= 15 is 0 Å². The third-order valence-corrected chi connectivity index (χ3v) is 3.16. The third-order valence-electron chi connectivity index (χ3n) is 2.63. The van der Waals surface area contributed by atoms with Gasteiger partial charge in [0.1, 0.15) is 5.75 Å². The van der Waals surface area contributed by atoms with Crippen molar-refractivity contribution >= 4 is 27.9 Å². The summed E-state index contributed by atoms with van der Waals surface area (Å²) in [5, 5.41) is 0. The molecule has 0 aromatic heterocycles. The van der Waals surface area contributed by atoms with E-state index in [2.05, 4.69) is 15.9 Å². The summed E-state index contributed by atoms with van der Waals surface area (Å²) in [6.07, 6.45) is 1.62. The topological polar surface area (TPSA) is 52.3 Å². The Morgan fingerprint density at radius 1 is 1.20 bits per heavy atom. The standard InChI is InChI=1S/C16H14BrNO2/c1-11-3-2-4-14(9-11)20-15(16(18)19)10-12-5-7-13(17)8-6-12/h2-10H,1H3,(H2,18,19)/b15-10-. The molecule has 4 heteroatoms. The van der Waals surface area contributed by atoms with E-state index in [-0.39, 0.29) is 5.76 Å². The average molecular weight is 332 g/mol. The van der Waals surface area contributed by atoms with E-state index in [1.54, 1.807) is 12.1 Å². The number of halogens is 1. The number of aryl methyl sites for hydroxylation is 1. The molecular formula is C16H14BrNO2. The van der Waals surface area contributed by atoms with Gasteiger partial charge in [-0.25, -0.2) is 0 Å². The Morgan fingerprint density at radius 2 is 1.90 bits per heavy atom. The van der Waals surface area contributed by atoms with Crippen molar-refractivity contribution in [3.05, 3.63) is 69.9 Å². The van der Waals surface area contributed by atoms with Gasteiger partial charge < -0.3 is 10.5 Å². The Hall–Kier alpha value is -2.07. The van der Waals surface area contributed by atoms with Crippen LogP contribution in [0.3, 0.4) is 0 Å². The van der Waals surface area contributed by atoms with E-state index in [1.165, 1.54) is 0 Å². The van der Waals surface area contributed by atoms with Gasteiger partial charge in [0.05, 0.1) is 0 Å². The van der Waals surface area contributed by atoms with Gasteiger partial charge >= 0.3 is 0 Å². The van der Waals surface area contributed by atoms with Crippen LogP contribution in [0.15, 0.2) is 58.8 Å². The van der Waals surface area contributed by atoms with E-state index in [9.17, 15) is 4.79 Å².